The molecule has 4 fully saturated rings. The lowest BCUT2D eigenvalue weighted by molar-refractivity contribution is -0.153. The van der Waals surface area contributed by atoms with Crippen LogP contribution in [0.25, 0.3) is 0 Å². The fraction of sp³-hybridized carbons (Fsp3) is 1.00. The molecule has 7 atom stereocenters. The van der Waals surface area contributed by atoms with Crippen LogP contribution in [0.3, 0.4) is 0 Å². The van der Waals surface area contributed by atoms with Crippen molar-refractivity contribution < 1.29 is 26.3 Å². The average Bonchev–Trinajstić information content (AvgIpc) is 2.96. The van der Waals surface area contributed by atoms with Crippen LogP contribution in [0.5, 0.6) is 0 Å². The Bertz CT molecular complexity index is 786. The van der Waals surface area contributed by atoms with Crippen LogP contribution in [0.1, 0.15) is 51.9 Å². The van der Waals surface area contributed by atoms with Gasteiger partial charge in [-0.3, -0.25) is 0 Å². The summed E-state index contributed by atoms with van der Waals surface area (Å²) in [6.45, 7) is 3.07. The zero-order valence-electron chi connectivity index (χ0n) is 16.6. The number of hydrogen-bond donors (Lipinski definition) is 1. The van der Waals surface area contributed by atoms with Crippen LogP contribution in [-0.2, 0) is 29.5 Å². The summed E-state index contributed by atoms with van der Waals surface area (Å²) in [5.74, 6) is 0.219. The van der Waals surface area contributed by atoms with Gasteiger partial charge in [-0.2, -0.15) is 4.31 Å². The summed E-state index contributed by atoms with van der Waals surface area (Å²) < 4.78 is 66.3. The van der Waals surface area contributed by atoms with Crippen molar-refractivity contribution in [3.8, 4) is 0 Å². The Kier molecular flexibility index (Phi) is 5.83. The van der Waals surface area contributed by atoms with Crippen molar-refractivity contribution in [1.82, 2.24) is 9.03 Å². The van der Waals surface area contributed by atoms with E-state index in [9.17, 15) is 16.8 Å². The van der Waals surface area contributed by atoms with Crippen molar-refractivity contribution in [1.29, 1.82) is 0 Å². The molecule has 0 spiro atoms. The lowest BCUT2D eigenvalue weighted by Gasteiger charge is -2.39. The molecule has 0 bridgehead atoms. The molecule has 0 aromatic rings. The normalized spacial score (nSPS) is 42.7. The van der Waals surface area contributed by atoms with Crippen LogP contribution in [0.2, 0.25) is 0 Å². The maximum Gasteiger partial charge on any atom is 0.214 e. The van der Waals surface area contributed by atoms with E-state index >= 15 is 0 Å². The first-order valence-electron chi connectivity index (χ1n) is 10.4. The van der Waals surface area contributed by atoms with Gasteiger partial charge >= 0.3 is 0 Å². The molecule has 0 amide bonds. The van der Waals surface area contributed by atoms with E-state index in [-0.39, 0.29) is 36.3 Å². The molecule has 4 rings (SSSR count). The van der Waals surface area contributed by atoms with Crippen LogP contribution in [0.15, 0.2) is 0 Å². The molecule has 1 N–H and O–H groups in total. The Morgan fingerprint density at radius 1 is 0.893 bits per heavy atom. The third kappa shape index (κ3) is 4.13. The molecular weight excluding hydrogens is 404 g/mol. The summed E-state index contributed by atoms with van der Waals surface area (Å²) in [7, 11) is -6.67. The van der Waals surface area contributed by atoms with E-state index in [0.717, 1.165) is 6.42 Å². The summed E-state index contributed by atoms with van der Waals surface area (Å²) in [6.07, 6.45) is 5.86. The van der Waals surface area contributed by atoms with Gasteiger partial charge in [0.2, 0.25) is 20.0 Å². The standard InChI is InChI=1S/C18H32N2O6S2/c1-12-9-13-10-14(3-5-16(13)20(12)27(2,21)22)19-28(23,24)15-4-6-17-18(11-15)26-8-7-25-17/h12-19H,3-11H2,1-2H3. The van der Waals surface area contributed by atoms with E-state index in [2.05, 4.69) is 4.72 Å². The Morgan fingerprint density at radius 2 is 1.61 bits per heavy atom. The van der Waals surface area contributed by atoms with Gasteiger partial charge in [0.05, 0.1) is 36.9 Å². The summed E-state index contributed by atoms with van der Waals surface area (Å²) in [5, 5.41) is -0.441. The minimum absolute atomic E-state index is 0.00832. The summed E-state index contributed by atoms with van der Waals surface area (Å²) in [5.41, 5.74) is 0. The Balaban J connectivity index is 1.37. The molecule has 28 heavy (non-hydrogen) atoms. The van der Waals surface area contributed by atoms with Gasteiger partial charge in [-0.25, -0.2) is 21.6 Å². The lowest BCUT2D eigenvalue weighted by Crippen LogP contribution is -2.51. The predicted octanol–water partition coefficient (Wildman–Crippen LogP) is 0.833. The zero-order chi connectivity index (χ0) is 20.1. The first-order valence-corrected chi connectivity index (χ1v) is 13.8. The molecule has 8 nitrogen and oxygen atoms in total. The summed E-state index contributed by atoms with van der Waals surface area (Å²) >= 11 is 0. The van der Waals surface area contributed by atoms with E-state index in [1.165, 1.54) is 6.26 Å². The first-order chi connectivity index (χ1) is 13.1. The number of hydrogen-bond acceptors (Lipinski definition) is 6. The molecular formula is C18H32N2O6S2. The highest BCUT2D eigenvalue weighted by molar-refractivity contribution is 7.90. The van der Waals surface area contributed by atoms with Crippen molar-refractivity contribution in [2.75, 3.05) is 19.5 Å². The predicted molar refractivity (Wildman–Crippen MR) is 105 cm³/mol. The average molecular weight is 437 g/mol. The molecule has 2 saturated carbocycles. The Labute approximate surface area is 168 Å². The van der Waals surface area contributed by atoms with Crippen LogP contribution in [-0.4, -0.2) is 76.2 Å². The number of ether oxygens (including phenoxy) is 2. The van der Waals surface area contributed by atoms with Gasteiger partial charge < -0.3 is 9.47 Å². The minimum Gasteiger partial charge on any atom is -0.373 e. The maximum atomic E-state index is 13.0. The lowest BCUT2D eigenvalue weighted by atomic mass is 9.82. The Morgan fingerprint density at radius 3 is 2.32 bits per heavy atom. The molecule has 162 valence electrons. The highest BCUT2D eigenvalue weighted by Crippen LogP contribution is 2.41. The van der Waals surface area contributed by atoms with Crippen molar-refractivity contribution in [2.45, 2.75) is 87.5 Å². The van der Waals surface area contributed by atoms with Crippen LogP contribution in [0, 0.1) is 5.92 Å². The number of sulfonamides is 2. The van der Waals surface area contributed by atoms with Gasteiger partial charge in [0, 0.05) is 18.1 Å². The van der Waals surface area contributed by atoms with E-state index in [4.69, 9.17) is 9.47 Å². The highest BCUT2D eigenvalue weighted by atomic mass is 32.2. The molecule has 7 unspecified atom stereocenters. The van der Waals surface area contributed by atoms with Gasteiger partial charge in [0.15, 0.2) is 0 Å². The fourth-order valence-corrected chi connectivity index (χ4v) is 9.10. The first kappa shape index (κ1) is 21.0. The molecule has 4 aliphatic rings. The third-order valence-electron chi connectivity index (χ3n) is 6.93. The largest absolute Gasteiger partial charge is 0.373 e. The number of nitrogens with zero attached hydrogens (tertiary/aromatic N) is 1. The minimum atomic E-state index is -3.44. The van der Waals surface area contributed by atoms with E-state index in [0.29, 0.717) is 51.7 Å². The van der Waals surface area contributed by atoms with Crippen molar-refractivity contribution in [3.63, 3.8) is 0 Å². The van der Waals surface area contributed by atoms with Crippen molar-refractivity contribution in [3.05, 3.63) is 0 Å². The van der Waals surface area contributed by atoms with Crippen LogP contribution in [0.4, 0.5) is 0 Å². The zero-order valence-corrected chi connectivity index (χ0v) is 18.3. The number of rotatable bonds is 4. The maximum absolute atomic E-state index is 13.0. The molecule has 2 aliphatic carbocycles. The molecule has 2 saturated heterocycles. The van der Waals surface area contributed by atoms with Gasteiger partial charge in [-0.15, -0.1) is 0 Å². The molecule has 2 heterocycles. The van der Waals surface area contributed by atoms with Crippen molar-refractivity contribution in [2.24, 2.45) is 5.92 Å². The number of nitrogens with one attached hydrogen (secondary N) is 1. The highest BCUT2D eigenvalue weighted by Gasteiger charge is 2.47. The third-order valence-corrected chi connectivity index (χ3v) is 10.3. The van der Waals surface area contributed by atoms with Gasteiger partial charge in [-0.1, -0.05) is 0 Å². The van der Waals surface area contributed by atoms with Gasteiger partial charge in [0.25, 0.3) is 0 Å². The van der Waals surface area contributed by atoms with Gasteiger partial charge in [0.1, 0.15) is 0 Å². The van der Waals surface area contributed by atoms with Gasteiger partial charge in [-0.05, 0) is 57.8 Å². The molecule has 0 aromatic carbocycles. The summed E-state index contributed by atoms with van der Waals surface area (Å²) in [4.78, 5) is 0. The van der Waals surface area contributed by atoms with E-state index < -0.39 is 25.3 Å². The second-order valence-electron chi connectivity index (χ2n) is 8.93. The van der Waals surface area contributed by atoms with E-state index in [1.807, 2.05) is 6.92 Å². The summed E-state index contributed by atoms with van der Waals surface area (Å²) in [6, 6.07) is -0.118. The second-order valence-corrected chi connectivity index (χ2v) is 12.8. The smallest absolute Gasteiger partial charge is 0.214 e. The fourth-order valence-electron chi connectivity index (χ4n) is 5.83. The molecule has 2 aliphatic heterocycles. The van der Waals surface area contributed by atoms with E-state index in [1.54, 1.807) is 4.31 Å². The number of fused-ring (bicyclic) bond motifs is 2. The topological polar surface area (TPSA) is 102 Å². The van der Waals surface area contributed by atoms with Crippen LogP contribution < -0.4 is 4.72 Å². The quantitative estimate of drug-likeness (QED) is 0.701. The van der Waals surface area contributed by atoms with Crippen LogP contribution >= 0.6 is 0 Å². The Hall–Kier alpha value is -0.260. The SMILES string of the molecule is CC1CC2CC(NS(=O)(=O)C3CCC4OCCOC4C3)CCC2N1S(C)(=O)=O. The monoisotopic (exact) mass is 436 g/mol. The molecule has 0 radical (unpaired) electrons. The molecule has 0 aromatic heterocycles. The second kappa shape index (κ2) is 7.77. The van der Waals surface area contributed by atoms with Crippen molar-refractivity contribution >= 4 is 20.0 Å². The molecule has 10 heteroatoms.